The number of ether oxygens (including phenoxy) is 2. The Bertz CT molecular complexity index is 719. The van der Waals surface area contributed by atoms with Gasteiger partial charge < -0.3 is 14.4 Å². The van der Waals surface area contributed by atoms with Crippen molar-refractivity contribution in [3.8, 4) is 11.5 Å². The smallest absolute Gasteiger partial charge is 0.175 e. The van der Waals surface area contributed by atoms with E-state index < -0.39 is 0 Å². The van der Waals surface area contributed by atoms with Gasteiger partial charge in [0.1, 0.15) is 5.82 Å². The summed E-state index contributed by atoms with van der Waals surface area (Å²) < 4.78 is 11.8. The van der Waals surface area contributed by atoms with Crippen molar-refractivity contribution in [3.63, 3.8) is 0 Å². The minimum absolute atomic E-state index is 0.667. The Morgan fingerprint density at radius 3 is 2.44 bits per heavy atom. The first kappa shape index (κ1) is 18.3. The van der Waals surface area contributed by atoms with Crippen LogP contribution in [0.3, 0.4) is 0 Å². The standard InChI is InChI=1S/C18H21BrClN3O2/c1-24-15-5-3-13(17(19)18(15)25-2)12-22-7-9-23(10-8-22)16-6-4-14(20)11-21-16/h3-6,11H,7-10,12H2,1-2H3. The van der Waals surface area contributed by atoms with Crippen molar-refractivity contribution in [2.45, 2.75) is 6.54 Å². The normalized spacial score (nSPS) is 15.3. The Morgan fingerprint density at radius 1 is 1.08 bits per heavy atom. The van der Waals surface area contributed by atoms with E-state index in [9.17, 15) is 0 Å². The van der Waals surface area contributed by atoms with Crippen LogP contribution in [0, 0.1) is 0 Å². The Morgan fingerprint density at radius 2 is 1.84 bits per heavy atom. The van der Waals surface area contributed by atoms with Crippen LogP contribution in [0.25, 0.3) is 0 Å². The molecule has 25 heavy (non-hydrogen) atoms. The van der Waals surface area contributed by atoms with Gasteiger partial charge in [-0.3, -0.25) is 4.90 Å². The molecule has 0 unspecified atom stereocenters. The van der Waals surface area contributed by atoms with Crippen molar-refractivity contribution in [3.05, 3.63) is 45.5 Å². The van der Waals surface area contributed by atoms with E-state index in [1.54, 1.807) is 20.4 Å². The molecule has 134 valence electrons. The molecular formula is C18H21BrClN3O2. The Kier molecular flexibility index (Phi) is 6.04. The average molecular weight is 427 g/mol. The van der Waals surface area contributed by atoms with Crippen LogP contribution in [0.5, 0.6) is 11.5 Å². The summed E-state index contributed by atoms with van der Waals surface area (Å²) in [6, 6.07) is 7.89. The van der Waals surface area contributed by atoms with E-state index in [-0.39, 0.29) is 0 Å². The summed E-state index contributed by atoms with van der Waals surface area (Å²) in [7, 11) is 3.30. The quantitative estimate of drug-likeness (QED) is 0.726. The Labute approximate surface area is 161 Å². The van der Waals surface area contributed by atoms with Gasteiger partial charge in [0.15, 0.2) is 11.5 Å². The Hall–Kier alpha value is -1.50. The number of benzene rings is 1. The Balaban J connectivity index is 1.63. The van der Waals surface area contributed by atoms with Gasteiger partial charge in [0.2, 0.25) is 0 Å². The van der Waals surface area contributed by atoms with Gasteiger partial charge in [0, 0.05) is 38.9 Å². The van der Waals surface area contributed by atoms with Gasteiger partial charge in [-0.15, -0.1) is 0 Å². The summed E-state index contributed by atoms with van der Waals surface area (Å²) >= 11 is 9.56. The second-order valence-electron chi connectivity index (χ2n) is 5.87. The third kappa shape index (κ3) is 4.19. The molecule has 0 bridgehead atoms. The summed E-state index contributed by atoms with van der Waals surface area (Å²) in [5, 5.41) is 0.667. The first-order valence-electron chi connectivity index (χ1n) is 8.10. The topological polar surface area (TPSA) is 37.8 Å². The van der Waals surface area contributed by atoms with Crippen LogP contribution >= 0.6 is 27.5 Å². The third-order valence-electron chi connectivity index (χ3n) is 4.37. The lowest BCUT2D eigenvalue weighted by Gasteiger charge is -2.35. The van der Waals surface area contributed by atoms with Gasteiger partial charge in [-0.25, -0.2) is 4.98 Å². The van der Waals surface area contributed by atoms with E-state index in [2.05, 4.69) is 36.8 Å². The number of methoxy groups -OCH3 is 2. The summed E-state index contributed by atoms with van der Waals surface area (Å²) in [4.78, 5) is 9.12. The van der Waals surface area contributed by atoms with Crippen LogP contribution in [0.15, 0.2) is 34.9 Å². The molecule has 1 aliphatic heterocycles. The maximum atomic E-state index is 5.91. The lowest BCUT2D eigenvalue weighted by Crippen LogP contribution is -2.46. The van der Waals surface area contributed by atoms with E-state index in [1.165, 1.54) is 5.56 Å². The molecule has 7 heteroatoms. The number of halogens is 2. The molecule has 1 fully saturated rings. The second kappa shape index (κ2) is 8.25. The lowest BCUT2D eigenvalue weighted by atomic mass is 10.1. The van der Waals surface area contributed by atoms with E-state index in [0.717, 1.165) is 54.5 Å². The molecule has 1 aliphatic rings. The molecule has 0 N–H and O–H groups in total. The van der Waals surface area contributed by atoms with E-state index in [0.29, 0.717) is 5.02 Å². The highest BCUT2D eigenvalue weighted by atomic mass is 79.9. The van der Waals surface area contributed by atoms with Crippen molar-refractivity contribution in [1.29, 1.82) is 0 Å². The summed E-state index contributed by atoms with van der Waals surface area (Å²) in [6.07, 6.45) is 1.70. The molecule has 1 saturated heterocycles. The van der Waals surface area contributed by atoms with Crippen molar-refractivity contribution in [2.75, 3.05) is 45.3 Å². The van der Waals surface area contributed by atoms with Crippen LogP contribution in [0.2, 0.25) is 5.02 Å². The summed E-state index contributed by atoms with van der Waals surface area (Å²) in [6.45, 7) is 4.71. The molecule has 0 saturated carbocycles. The van der Waals surface area contributed by atoms with Gasteiger partial charge >= 0.3 is 0 Å². The molecule has 0 radical (unpaired) electrons. The molecule has 0 amide bonds. The molecule has 1 aromatic carbocycles. The first-order valence-corrected chi connectivity index (χ1v) is 9.27. The molecule has 5 nitrogen and oxygen atoms in total. The number of piperazine rings is 1. The molecule has 3 rings (SSSR count). The molecule has 2 aromatic rings. The van der Waals surface area contributed by atoms with Crippen LogP contribution in [-0.4, -0.2) is 50.3 Å². The maximum absolute atomic E-state index is 5.91. The highest BCUT2D eigenvalue weighted by Crippen LogP contribution is 2.38. The highest BCUT2D eigenvalue weighted by molar-refractivity contribution is 9.10. The minimum Gasteiger partial charge on any atom is -0.493 e. The van der Waals surface area contributed by atoms with Crippen molar-refractivity contribution in [1.82, 2.24) is 9.88 Å². The fraction of sp³-hybridized carbons (Fsp3) is 0.389. The van der Waals surface area contributed by atoms with E-state index >= 15 is 0 Å². The van der Waals surface area contributed by atoms with E-state index in [4.69, 9.17) is 21.1 Å². The predicted molar refractivity (Wildman–Crippen MR) is 104 cm³/mol. The monoisotopic (exact) mass is 425 g/mol. The number of anilines is 1. The first-order chi connectivity index (χ1) is 12.1. The highest BCUT2D eigenvalue weighted by Gasteiger charge is 2.20. The van der Waals surface area contributed by atoms with Crippen LogP contribution in [0.1, 0.15) is 5.56 Å². The average Bonchev–Trinajstić information content (AvgIpc) is 2.64. The summed E-state index contributed by atoms with van der Waals surface area (Å²) in [5.41, 5.74) is 1.19. The molecule has 0 atom stereocenters. The molecule has 0 aliphatic carbocycles. The zero-order valence-electron chi connectivity index (χ0n) is 14.3. The van der Waals surface area contributed by atoms with Gasteiger partial charge in [0.05, 0.1) is 23.7 Å². The van der Waals surface area contributed by atoms with Crippen LogP contribution in [0.4, 0.5) is 5.82 Å². The maximum Gasteiger partial charge on any atom is 0.175 e. The number of nitrogens with zero attached hydrogens (tertiary/aromatic N) is 3. The molecule has 2 heterocycles. The van der Waals surface area contributed by atoms with Crippen LogP contribution < -0.4 is 14.4 Å². The fourth-order valence-corrected chi connectivity index (χ4v) is 3.71. The number of rotatable bonds is 5. The van der Waals surface area contributed by atoms with Gasteiger partial charge in [-0.1, -0.05) is 17.7 Å². The van der Waals surface area contributed by atoms with Gasteiger partial charge in [0.25, 0.3) is 0 Å². The third-order valence-corrected chi connectivity index (χ3v) is 5.46. The number of hydrogen-bond acceptors (Lipinski definition) is 5. The van der Waals surface area contributed by atoms with Crippen molar-refractivity contribution < 1.29 is 9.47 Å². The molecule has 0 spiro atoms. The van der Waals surface area contributed by atoms with Crippen LogP contribution in [-0.2, 0) is 6.54 Å². The zero-order valence-corrected chi connectivity index (χ0v) is 16.7. The lowest BCUT2D eigenvalue weighted by molar-refractivity contribution is 0.248. The summed E-state index contributed by atoms with van der Waals surface area (Å²) in [5.74, 6) is 2.46. The number of hydrogen-bond donors (Lipinski definition) is 0. The molecular weight excluding hydrogens is 406 g/mol. The zero-order chi connectivity index (χ0) is 17.8. The van der Waals surface area contributed by atoms with Gasteiger partial charge in [-0.2, -0.15) is 0 Å². The largest absolute Gasteiger partial charge is 0.493 e. The SMILES string of the molecule is COc1ccc(CN2CCN(c3ccc(Cl)cn3)CC2)c(Br)c1OC. The minimum atomic E-state index is 0.667. The predicted octanol–water partition coefficient (Wildman–Crippen LogP) is 3.84. The second-order valence-corrected chi connectivity index (χ2v) is 7.10. The van der Waals surface area contributed by atoms with Crippen molar-refractivity contribution in [2.24, 2.45) is 0 Å². The fourth-order valence-electron chi connectivity index (χ4n) is 2.98. The van der Waals surface area contributed by atoms with Crippen molar-refractivity contribution >= 4 is 33.3 Å². The molecule has 1 aromatic heterocycles. The van der Waals surface area contributed by atoms with Gasteiger partial charge in [-0.05, 0) is 39.7 Å². The van der Waals surface area contributed by atoms with E-state index in [1.807, 2.05) is 18.2 Å². The number of aromatic nitrogens is 1. The number of pyridine rings is 1.